The van der Waals surface area contributed by atoms with Crippen molar-refractivity contribution >= 4 is 48.9 Å². The highest BCUT2D eigenvalue weighted by Crippen LogP contribution is 2.60. The zero-order chi connectivity index (χ0) is 33.1. The van der Waals surface area contributed by atoms with E-state index < -0.39 is 37.1 Å². The van der Waals surface area contributed by atoms with Gasteiger partial charge < -0.3 is 29.1 Å². The summed E-state index contributed by atoms with van der Waals surface area (Å²) in [5, 5.41) is 13.7. The monoisotopic (exact) mass is 676 g/mol. The molecule has 47 heavy (non-hydrogen) atoms. The maximum absolute atomic E-state index is 15.8. The van der Waals surface area contributed by atoms with E-state index in [1.807, 2.05) is 60.4 Å². The van der Waals surface area contributed by atoms with Crippen LogP contribution in [0, 0.1) is 5.92 Å². The second kappa shape index (κ2) is 12.0. The third-order valence-corrected chi connectivity index (χ3v) is 13.6. The van der Waals surface area contributed by atoms with E-state index >= 15 is 4.11 Å². The summed E-state index contributed by atoms with van der Waals surface area (Å²) in [6.07, 6.45) is 1.16. The van der Waals surface area contributed by atoms with Gasteiger partial charge in [0.1, 0.15) is 5.54 Å². The van der Waals surface area contributed by atoms with Gasteiger partial charge in [0.25, 0.3) is 11.8 Å². The SMILES string of the molecule is C[C@H]1[C@H]([Si](C)(C)F)[C@@H](CCO)O[C@]12C(=O)N(Cc1ccc(N3CN(c4ccccc4)C4(CCNCC4)C3=O)cc1)c1ccc(Cl)cc12. The fraction of sp³-hybridized carbons (Fsp3) is 0.444. The van der Waals surface area contributed by atoms with Crippen LogP contribution in [-0.2, 0) is 26.5 Å². The minimum absolute atomic E-state index is 0.108. The Morgan fingerprint density at radius 3 is 2.36 bits per heavy atom. The van der Waals surface area contributed by atoms with Crippen molar-refractivity contribution in [3.05, 3.63) is 88.9 Å². The number of aliphatic hydroxyl groups excluding tert-OH is 1. The first kappa shape index (κ1) is 32.3. The molecule has 0 aliphatic carbocycles. The van der Waals surface area contributed by atoms with Crippen molar-refractivity contribution in [3.63, 3.8) is 0 Å². The molecule has 2 N–H and O–H groups in total. The number of anilines is 3. The highest BCUT2D eigenvalue weighted by molar-refractivity contribution is 6.72. The van der Waals surface area contributed by atoms with Crippen LogP contribution in [0.1, 0.15) is 37.3 Å². The Balaban J connectivity index is 1.18. The van der Waals surface area contributed by atoms with E-state index in [-0.39, 0.29) is 31.4 Å². The second-order valence-electron chi connectivity index (χ2n) is 13.9. The number of ether oxygens (including phenoxy) is 1. The van der Waals surface area contributed by atoms with Gasteiger partial charge in [0.15, 0.2) is 5.60 Å². The van der Waals surface area contributed by atoms with Gasteiger partial charge in [0.05, 0.1) is 25.0 Å². The van der Waals surface area contributed by atoms with Crippen LogP contribution in [0.3, 0.4) is 0 Å². The molecular weight excluding hydrogens is 635 g/mol. The quantitative estimate of drug-likeness (QED) is 0.237. The highest BCUT2D eigenvalue weighted by Gasteiger charge is 2.66. The standard InChI is InChI=1S/C36H42ClFN4O4Si/c1-24-32(47(2,3)38)31(15-20-43)46-36(24)29-21-26(37)11-14-30(29)40(34(36)45)22-25-9-12-27(13-10-25)41-23-42(28-7-5-4-6-8-28)35(33(41)44)16-18-39-19-17-35/h4-14,21,24,31-32,39,43H,15-20,22-23H2,1-3H3/t24-,31+,32-,36+/m0/s1. The van der Waals surface area contributed by atoms with E-state index in [1.165, 1.54) is 0 Å². The molecule has 248 valence electrons. The van der Waals surface area contributed by atoms with E-state index in [0.29, 0.717) is 22.9 Å². The van der Waals surface area contributed by atoms with Gasteiger partial charge in [0, 0.05) is 40.0 Å². The van der Waals surface area contributed by atoms with Crippen molar-refractivity contribution in [2.75, 3.05) is 41.1 Å². The van der Waals surface area contributed by atoms with Crippen LogP contribution in [0.5, 0.6) is 0 Å². The van der Waals surface area contributed by atoms with Crippen molar-refractivity contribution in [3.8, 4) is 0 Å². The number of benzene rings is 3. The number of carbonyl (C=O) groups excluding carboxylic acids is 2. The summed E-state index contributed by atoms with van der Waals surface area (Å²) in [5.74, 6) is -0.577. The van der Waals surface area contributed by atoms with E-state index in [0.717, 1.165) is 42.9 Å². The number of carbonyl (C=O) groups is 2. The number of rotatable bonds is 7. The number of fused-ring (bicyclic) bond motifs is 2. The van der Waals surface area contributed by atoms with E-state index in [4.69, 9.17) is 16.3 Å². The molecule has 11 heteroatoms. The van der Waals surface area contributed by atoms with Crippen molar-refractivity contribution in [1.29, 1.82) is 0 Å². The van der Waals surface area contributed by atoms with Gasteiger partial charge in [-0.1, -0.05) is 48.9 Å². The summed E-state index contributed by atoms with van der Waals surface area (Å²) < 4.78 is 22.4. The molecule has 3 aromatic rings. The molecule has 0 aromatic heterocycles. The van der Waals surface area contributed by atoms with Gasteiger partial charge in [0.2, 0.25) is 8.41 Å². The number of nitrogens with zero attached hydrogens (tertiary/aromatic N) is 3. The molecule has 7 rings (SSSR count). The van der Waals surface area contributed by atoms with Crippen molar-refractivity contribution in [2.45, 2.75) is 68.6 Å². The molecule has 3 aromatic carbocycles. The largest absolute Gasteiger partial charge is 0.396 e. The molecule has 4 heterocycles. The van der Waals surface area contributed by atoms with E-state index in [1.54, 1.807) is 30.1 Å². The highest BCUT2D eigenvalue weighted by atomic mass is 35.5. The number of halogens is 2. The number of amides is 2. The Morgan fingerprint density at radius 1 is 1.00 bits per heavy atom. The fourth-order valence-corrected chi connectivity index (χ4v) is 11.4. The van der Waals surface area contributed by atoms with Crippen LogP contribution in [0.15, 0.2) is 72.8 Å². The van der Waals surface area contributed by atoms with Gasteiger partial charge in [-0.15, -0.1) is 0 Å². The summed E-state index contributed by atoms with van der Waals surface area (Å²) in [5.41, 5.74) is 1.63. The number of para-hydroxylation sites is 1. The molecule has 0 radical (unpaired) electrons. The smallest absolute Gasteiger partial charge is 0.264 e. The van der Waals surface area contributed by atoms with Crippen LogP contribution in [-0.4, -0.2) is 63.3 Å². The lowest BCUT2D eigenvalue weighted by Gasteiger charge is -2.39. The van der Waals surface area contributed by atoms with Crippen LogP contribution in [0.25, 0.3) is 0 Å². The number of hydrogen-bond donors (Lipinski definition) is 2. The second-order valence-corrected chi connectivity index (χ2v) is 18.2. The molecule has 0 saturated carbocycles. The maximum Gasteiger partial charge on any atom is 0.264 e. The fourth-order valence-electron chi connectivity index (χ4n) is 8.70. The zero-order valence-corrected chi connectivity index (χ0v) is 28.8. The number of hydrogen-bond acceptors (Lipinski definition) is 6. The lowest BCUT2D eigenvalue weighted by Crippen LogP contribution is -2.55. The van der Waals surface area contributed by atoms with Crippen molar-refractivity contribution in [1.82, 2.24) is 5.32 Å². The number of piperidine rings is 1. The third kappa shape index (κ3) is 5.11. The molecule has 3 fully saturated rings. The molecule has 3 saturated heterocycles. The lowest BCUT2D eigenvalue weighted by molar-refractivity contribution is -0.146. The minimum atomic E-state index is -3.29. The van der Waals surface area contributed by atoms with Crippen molar-refractivity contribution < 1.29 is 23.5 Å². The van der Waals surface area contributed by atoms with E-state index in [9.17, 15) is 14.7 Å². The Labute approximate surface area is 281 Å². The van der Waals surface area contributed by atoms with Gasteiger partial charge in [-0.2, -0.15) is 0 Å². The molecule has 4 atom stereocenters. The lowest BCUT2D eigenvalue weighted by atomic mass is 9.82. The Hall–Kier alpha value is -3.28. The molecule has 2 amide bonds. The van der Waals surface area contributed by atoms with Gasteiger partial charge in [-0.05, 0) is 93.5 Å². The molecule has 2 spiro atoms. The topological polar surface area (TPSA) is 85.3 Å². The summed E-state index contributed by atoms with van der Waals surface area (Å²) in [4.78, 5) is 34.5. The van der Waals surface area contributed by atoms with Crippen LogP contribution in [0.4, 0.5) is 21.2 Å². The number of aliphatic hydroxyl groups is 1. The van der Waals surface area contributed by atoms with Crippen LogP contribution < -0.4 is 20.0 Å². The molecule has 0 unspecified atom stereocenters. The Kier molecular flexibility index (Phi) is 8.24. The van der Waals surface area contributed by atoms with Crippen LogP contribution in [0.2, 0.25) is 23.7 Å². The molecule has 4 aliphatic rings. The molecule has 0 bridgehead atoms. The average Bonchev–Trinajstić information content (AvgIpc) is 3.60. The summed E-state index contributed by atoms with van der Waals surface area (Å²) in [7, 11) is -3.29. The van der Waals surface area contributed by atoms with Gasteiger partial charge >= 0.3 is 0 Å². The van der Waals surface area contributed by atoms with E-state index in [2.05, 4.69) is 22.3 Å². The summed E-state index contributed by atoms with van der Waals surface area (Å²) in [6.45, 7) is 7.36. The third-order valence-electron chi connectivity index (χ3n) is 10.9. The van der Waals surface area contributed by atoms with Gasteiger partial charge in [-0.3, -0.25) is 14.5 Å². The van der Waals surface area contributed by atoms with Crippen LogP contribution >= 0.6 is 11.6 Å². The zero-order valence-electron chi connectivity index (χ0n) is 27.1. The first-order chi connectivity index (χ1) is 22.5. The van der Waals surface area contributed by atoms with Gasteiger partial charge in [-0.25, -0.2) is 0 Å². The Morgan fingerprint density at radius 2 is 1.70 bits per heavy atom. The average molecular weight is 677 g/mol. The van der Waals surface area contributed by atoms with Crippen molar-refractivity contribution in [2.24, 2.45) is 5.92 Å². The Bertz CT molecular complexity index is 1670. The predicted molar refractivity (Wildman–Crippen MR) is 185 cm³/mol. The first-order valence-corrected chi connectivity index (χ1v) is 19.9. The molecule has 4 aliphatic heterocycles. The predicted octanol–water partition coefficient (Wildman–Crippen LogP) is 5.98. The molecular formula is C36H42ClFN4O4Si. The normalized spacial score (nSPS) is 27.0. The number of nitrogens with one attached hydrogen (secondary N) is 1. The summed E-state index contributed by atoms with van der Waals surface area (Å²) >= 11 is 6.48. The summed E-state index contributed by atoms with van der Waals surface area (Å²) in [6, 6.07) is 23.3. The first-order valence-electron chi connectivity index (χ1n) is 16.6. The maximum atomic E-state index is 15.8. The molecule has 8 nitrogen and oxygen atoms in total. The minimum Gasteiger partial charge on any atom is -0.396 e.